The average Bonchev–Trinajstić information content (AvgIpc) is 2.64. The molecule has 0 atom stereocenters. The third-order valence-electron chi connectivity index (χ3n) is 4.25. The summed E-state index contributed by atoms with van der Waals surface area (Å²) in [7, 11) is 0. The van der Waals surface area contributed by atoms with Crippen LogP contribution in [0.5, 0.6) is 0 Å². The summed E-state index contributed by atoms with van der Waals surface area (Å²) in [5, 5.41) is 3.11. The summed E-state index contributed by atoms with van der Waals surface area (Å²) in [5.74, 6) is 0.211. The Morgan fingerprint density at radius 2 is 1.78 bits per heavy atom. The van der Waals surface area contributed by atoms with Gasteiger partial charge in [-0.15, -0.1) is 0 Å². The minimum absolute atomic E-state index is 0.211. The Balaban J connectivity index is 2.35. The second kappa shape index (κ2) is 8.52. The van der Waals surface area contributed by atoms with E-state index in [1.165, 1.54) is 32.1 Å². The minimum Gasteiger partial charge on any atom is -0.356 e. The molecular formula is C15H30N2O. The van der Waals surface area contributed by atoms with Crippen LogP contribution in [-0.2, 0) is 4.79 Å². The van der Waals surface area contributed by atoms with Crippen LogP contribution in [0.3, 0.4) is 0 Å². The van der Waals surface area contributed by atoms with Gasteiger partial charge in [0, 0.05) is 13.1 Å². The fraction of sp³-hybridized carbons (Fsp3) is 0.933. The molecule has 1 fully saturated rings. The van der Waals surface area contributed by atoms with Gasteiger partial charge in [-0.2, -0.15) is 0 Å². The third kappa shape index (κ3) is 4.60. The Bertz CT molecular complexity index is 233. The fourth-order valence-electron chi connectivity index (χ4n) is 2.87. The molecule has 0 aromatic carbocycles. The smallest absolute Gasteiger partial charge is 0.227 e. The maximum absolute atomic E-state index is 12.3. The molecule has 18 heavy (non-hydrogen) atoms. The van der Waals surface area contributed by atoms with Crippen LogP contribution < -0.4 is 11.1 Å². The first-order valence-corrected chi connectivity index (χ1v) is 7.73. The van der Waals surface area contributed by atoms with E-state index in [0.29, 0.717) is 6.54 Å². The molecule has 1 rings (SSSR count). The number of amides is 1. The van der Waals surface area contributed by atoms with E-state index < -0.39 is 0 Å². The molecule has 0 aromatic rings. The first-order chi connectivity index (χ1) is 8.75. The van der Waals surface area contributed by atoms with E-state index in [0.717, 1.165) is 38.6 Å². The summed E-state index contributed by atoms with van der Waals surface area (Å²) >= 11 is 0. The maximum atomic E-state index is 12.3. The molecule has 106 valence electrons. The van der Waals surface area contributed by atoms with Crippen LogP contribution in [0.4, 0.5) is 0 Å². The van der Waals surface area contributed by atoms with Crippen molar-refractivity contribution < 1.29 is 4.79 Å². The molecule has 3 N–H and O–H groups in total. The zero-order chi connectivity index (χ0) is 13.3. The van der Waals surface area contributed by atoms with Crippen LogP contribution in [0.25, 0.3) is 0 Å². The number of nitrogens with two attached hydrogens (primary N) is 1. The second-order valence-electron chi connectivity index (χ2n) is 5.72. The standard InChI is InChI=1S/C15H30N2O/c1-2-3-4-9-12-17-14(18)15(13-16)10-7-5-6-8-11-15/h2-13,16H2,1H3,(H,17,18). The Hall–Kier alpha value is -0.570. The molecule has 1 saturated carbocycles. The minimum atomic E-state index is -0.263. The number of carbonyl (C=O) groups is 1. The molecule has 1 aliphatic carbocycles. The number of hydrogen-bond donors (Lipinski definition) is 2. The van der Waals surface area contributed by atoms with Crippen LogP contribution in [0, 0.1) is 5.41 Å². The molecule has 0 heterocycles. The van der Waals surface area contributed by atoms with Crippen molar-refractivity contribution in [2.45, 2.75) is 71.1 Å². The van der Waals surface area contributed by atoms with Gasteiger partial charge in [-0.05, 0) is 19.3 Å². The monoisotopic (exact) mass is 254 g/mol. The zero-order valence-corrected chi connectivity index (χ0v) is 12.0. The van der Waals surface area contributed by atoms with Crippen molar-refractivity contribution in [3.05, 3.63) is 0 Å². The highest BCUT2D eigenvalue weighted by molar-refractivity contribution is 5.82. The number of rotatable bonds is 7. The molecule has 0 unspecified atom stereocenters. The number of carbonyl (C=O) groups excluding carboxylic acids is 1. The van der Waals surface area contributed by atoms with Crippen molar-refractivity contribution in [2.24, 2.45) is 11.1 Å². The normalized spacial score (nSPS) is 19.2. The molecule has 3 nitrogen and oxygen atoms in total. The number of unbranched alkanes of at least 4 members (excludes halogenated alkanes) is 3. The largest absolute Gasteiger partial charge is 0.356 e. The molecule has 3 heteroatoms. The highest BCUT2D eigenvalue weighted by Crippen LogP contribution is 2.34. The van der Waals surface area contributed by atoms with E-state index >= 15 is 0 Å². The molecule has 0 saturated heterocycles. The molecule has 0 radical (unpaired) electrons. The van der Waals surface area contributed by atoms with Gasteiger partial charge >= 0.3 is 0 Å². The number of hydrogen-bond acceptors (Lipinski definition) is 2. The Labute approximate surface area is 112 Å². The van der Waals surface area contributed by atoms with E-state index in [1.807, 2.05) is 0 Å². The van der Waals surface area contributed by atoms with Crippen molar-refractivity contribution in [1.29, 1.82) is 0 Å². The quantitative estimate of drug-likeness (QED) is 0.542. The van der Waals surface area contributed by atoms with E-state index in [2.05, 4.69) is 12.2 Å². The zero-order valence-electron chi connectivity index (χ0n) is 12.0. The van der Waals surface area contributed by atoms with Gasteiger partial charge in [0.05, 0.1) is 5.41 Å². The van der Waals surface area contributed by atoms with Crippen molar-refractivity contribution >= 4 is 5.91 Å². The fourth-order valence-corrected chi connectivity index (χ4v) is 2.87. The van der Waals surface area contributed by atoms with E-state index in [-0.39, 0.29) is 11.3 Å². The molecule has 0 bridgehead atoms. The van der Waals surface area contributed by atoms with Gasteiger partial charge in [-0.25, -0.2) is 0 Å². The molecular weight excluding hydrogens is 224 g/mol. The Morgan fingerprint density at radius 1 is 1.11 bits per heavy atom. The summed E-state index contributed by atoms with van der Waals surface area (Å²) in [6.07, 6.45) is 11.6. The first-order valence-electron chi connectivity index (χ1n) is 7.73. The lowest BCUT2D eigenvalue weighted by Crippen LogP contribution is -2.46. The predicted octanol–water partition coefficient (Wildman–Crippen LogP) is 2.98. The van der Waals surface area contributed by atoms with Crippen LogP contribution in [0.1, 0.15) is 71.1 Å². The van der Waals surface area contributed by atoms with Gasteiger partial charge in [0.15, 0.2) is 0 Å². The second-order valence-corrected chi connectivity index (χ2v) is 5.72. The van der Waals surface area contributed by atoms with Crippen molar-refractivity contribution in [1.82, 2.24) is 5.32 Å². The summed E-state index contributed by atoms with van der Waals surface area (Å²) in [4.78, 5) is 12.3. The van der Waals surface area contributed by atoms with Gasteiger partial charge < -0.3 is 11.1 Å². The highest BCUT2D eigenvalue weighted by atomic mass is 16.2. The van der Waals surface area contributed by atoms with Gasteiger partial charge in [0.25, 0.3) is 0 Å². The Morgan fingerprint density at radius 3 is 2.33 bits per heavy atom. The molecule has 1 aliphatic rings. The highest BCUT2D eigenvalue weighted by Gasteiger charge is 2.36. The van der Waals surface area contributed by atoms with E-state index in [1.54, 1.807) is 0 Å². The van der Waals surface area contributed by atoms with Crippen LogP contribution in [0.2, 0.25) is 0 Å². The third-order valence-corrected chi connectivity index (χ3v) is 4.25. The molecule has 1 amide bonds. The van der Waals surface area contributed by atoms with Crippen molar-refractivity contribution in [3.63, 3.8) is 0 Å². The SMILES string of the molecule is CCCCCCNC(=O)C1(CN)CCCCCC1. The van der Waals surface area contributed by atoms with Crippen LogP contribution in [0.15, 0.2) is 0 Å². The van der Waals surface area contributed by atoms with Gasteiger partial charge in [-0.3, -0.25) is 4.79 Å². The topological polar surface area (TPSA) is 55.1 Å². The lowest BCUT2D eigenvalue weighted by atomic mass is 9.79. The van der Waals surface area contributed by atoms with Gasteiger partial charge in [0.2, 0.25) is 5.91 Å². The summed E-state index contributed by atoms with van der Waals surface area (Å²) in [5.41, 5.74) is 5.64. The predicted molar refractivity (Wildman–Crippen MR) is 76.3 cm³/mol. The summed E-state index contributed by atoms with van der Waals surface area (Å²) in [6, 6.07) is 0. The van der Waals surface area contributed by atoms with Crippen LogP contribution in [-0.4, -0.2) is 19.0 Å². The Kier molecular flexibility index (Phi) is 7.33. The maximum Gasteiger partial charge on any atom is 0.227 e. The van der Waals surface area contributed by atoms with E-state index in [4.69, 9.17) is 5.73 Å². The summed E-state index contributed by atoms with van der Waals surface area (Å²) < 4.78 is 0. The van der Waals surface area contributed by atoms with E-state index in [9.17, 15) is 4.79 Å². The van der Waals surface area contributed by atoms with Crippen molar-refractivity contribution in [2.75, 3.05) is 13.1 Å². The van der Waals surface area contributed by atoms with Crippen LogP contribution >= 0.6 is 0 Å². The van der Waals surface area contributed by atoms with Gasteiger partial charge in [-0.1, -0.05) is 51.9 Å². The van der Waals surface area contributed by atoms with Gasteiger partial charge in [0.1, 0.15) is 0 Å². The average molecular weight is 254 g/mol. The summed E-state index contributed by atoms with van der Waals surface area (Å²) in [6.45, 7) is 3.53. The number of nitrogens with one attached hydrogen (secondary N) is 1. The van der Waals surface area contributed by atoms with Crippen molar-refractivity contribution in [3.8, 4) is 0 Å². The first kappa shape index (κ1) is 15.5. The molecule has 0 aliphatic heterocycles. The molecule has 0 aromatic heterocycles. The lowest BCUT2D eigenvalue weighted by molar-refractivity contribution is -0.131. The lowest BCUT2D eigenvalue weighted by Gasteiger charge is -2.29. The molecule has 0 spiro atoms.